The predicted molar refractivity (Wildman–Crippen MR) is 99.5 cm³/mol. The molecule has 0 N–H and O–H groups in total. The summed E-state index contributed by atoms with van der Waals surface area (Å²) >= 11 is 6.14. The van der Waals surface area contributed by atoms with E-state index in [4.69, 9.17) is 11.6 Å². The van der Waals surface area contributed by atoms with Crippen LogP contribution in [0.25, 0.3) is 0 Å². The van der Waals surface area contributed by atoms with Crippen LogP contribution >= 0.6 is 11.6 Å². The topological polar surface area (TPSA) is 20.3 Å². The molecule has 136 valence electrons. The van der Waals surface area contributed by atoms with Gasteiger partial charge in [-0.05, 0) is 36.8 Å². The summed E-state index contributed by atoms with van der Waals surface area (Å²) in [6, 6.07) is 17.3. The number of carbonyl (C=O) groups excluding carboxylic acids is 1. The summed E-state index contributed by atoms with van der Waals surface area (Å²) in [7, 11) is 0. The molecule has 1 amide bonds. The zero-order chi connectivity index (χ0) is 18.7. The molecule has 2 nitrogen and oxygen atoms in total. The molecule has 0 saturated heterocycles. The first kappa shape index (κ1) is 21.3. The normalized spacial score (nSPS) is 10.2. The van der Waals surface area contributed by atoms with E-state index in [2.05, 4.69) is 0 Å². The third-order valence-corrected chi connectivity index (χ3v) is 4.34. The molecular formula is C21H16ClF2NOTi. The number of amides is 1. The number of benzene rings is 3. The van der Waals surface area contributed by atoms with Crippen molar-refractivity contribution in [2.24, 2.45) is 0 Å². The number of aryl methyl sites for hydroxylation is 1. The number of nitrogens with zero attached hydrogens (tertiary/aromatic N) is 1. The van der Waals surface area contributed by atoms with Gasteiger partial charge in [-0.1, -0.05) is 53.6 Å². The Morgan fingerprint density at radius 1 is 1.00 bits per heavy atom. The van der Waals surface area contributed by atoms with Gasteiger partial charge in [-0.3, -0.25) is 4.79 Å². The molecule has 0 fully saturated rings. The maximum Gasteiger partial charge on any atom is 0.260 e. The monoisotopic (exact) mass is 419 g/mol. The summed E-state index contributed by atoms with van der Waals surface area (Å²) in [5.41, 5.74) is 2.15. The summed E-state index contributed by atoms with van der Waals surface area (Å²) in [6.07, 6.45) is 0. The van der Waals surface area contributed by atoms with E-state index in [9.17, 15) is 13.6 Å². The van der Waals surface area contributed by atoms with Crippen molar-refractivity contribution in [3.63, 3.8) is 0 Å². The Morgan fingerprint density at radius 3 is 2.30 bits per heavy atom. The van der Waals surface area contributed by atoms with Crippen molar-refractivity contribution in [3.05, 3.63) is 100 Å². The van der Waals surface area contributed by atoms with Crippen LogP contribution in [0.3, 0.4) is 0 Å². The largest absolute Gasteiger partial charge is 0.301 e. The van der Waals surface area contributed by atoms with Gasteiger partial charge in [-0.2, -0.15) is 0 Å². The molecule has 0 unspecified atom stereocenters. The first-order valence-electron chi connectivity index (χ1n) is 8.02. The number of halogens is 3. The van der Waals surface area contributed by atoms with Crippen LogP contribution in [-0.2, 0) is 28.3 Å². The molecular weight excluding hydrogens is 404 g/mol. The molecule has 0 saturated carbocycles. The van der Waals surface area contributed by atoms with E-state index >= 15 is 0 Å². The Morgan fingerprint density at radius 2 is 1.67 bits per heavy atom. The smallest absolute Gasteiger partial charge is 0.260 e. The maximum absolute atomic E-state index is 14.4. The van der Waals surface area contributed by atoms with E-state index in [0.29, 0.717) is 0 Å². The Bertz CT molecular complexity index is 947. The van der Waals surface area contributed by atoms with Gasteiger partial charge in [-0.15, -0.1) is 0 Å². The van der Waals surface area contributed by atoms with Crippen molar-refractivity contribution in [1.29, 1.82) is 0 Å². The van der Waals surface area contributed by atoms with Crippen LogP contribution < -0.4 is 4.90 Å². The van der Waals surface area contributed by atoms with Gasteiger partial charge in [0.15, 0.2) is 0 Å². The fraction of sp³-hybridized carbons (Fsp3) is 0.0952. The van der Waals surface area contributed by atoms with Gasteiger partial charge in [0, 0.05) is 27.8 Å². The Hall–Kier alpha value is -2.01. The van der Waals surface area contributed by atoms with Crippen LogP contribution in [0.4, 0.5) is 14.5 Å². The number of carbonyl (C=O) groups is 1. The molecule has 3 aromatic carbocycles. The van der Waals surface area contributed by atoms with Crippen LogP contribution in [-0.4, -0.2) is 5.91 Å². The second-order valence-electron chi connectivity index (χ2n) is 5.95. The van der Waals surface area contributed by atoms with Gasteiger partial charge in [0.25, 0.3) is 5.91 Å². The fourth-order valence-electron chi connectivity index (χ4n) is 2.62. The third kappa shape index (κ3) is 5.04. The molecule has 0 aliphatic heterocycles. The van der Waals surface area contributed by atoms with Crippen molar-refractivity contribution in [3.8, 4) is 0 Å². The maximum atomic E-state index is 14.4. The molecule has 27 heavy (non-hydrogen) atoms. The molecule has 0 atom stereocenters. The molecule has 0 heterocycles. The average molecular weight is 420 g/mol. The second kappa shape index (κ2) is 9.27. The number of hydrogen-bond donors (Lipinski definition) is 0. The fourth-order valence-corrected chi connectivity index (χ4v) is 2.84. The van der Waals surface area contributed by atoms with E-state index < -0.39 is 17.5 Å². The third-order valence-electron chi connectivity index (χ3n) is 4.01. The minimum absolute atomic E-state index is 0. The summed E-state index contributed by atoms with van der Waals surface area (Å²) < 4.78 is 27.7. The first-order chi connectivity index (χ1) is 12.5. The molecule has 6 heteroatoms. The SMILES string of the molecule is Cc1ccc(CN(C(=O)c2ccccc2Cl)c2ccc(F)cc2F)cc1.[Ti]. The van der Waals surface area contributed by atoms with Crippen LogP contribution in [0.15, 0.2) is 66.7 Å². The van der Waals surface area contributed by atoms with Crippen molar-refractivity contribution >= 4 is 23.2 Å². The van der Waals surface area contributed by atoms with Crippen LogP contribution in [0.1, 0.15) is 21.5 Å². The molecule has 0 bridgehead atoms. The van der Waals surface area contributed by atoms with Gasteiger partial charge in [0.2, 0.25) is 0 Å². The van der Waals surface area contributed by atoms with E-state index in [0.717, 1.165) is 23.3 Å². The van der Waals surface area contributed by atoms with Crippen molar-refractivity contribution in [2.45, 2.75) is 13.5 Å². The van der Waals surface area contributed by atoms with Crippen molar-refractivity contribution in [2.75, 3.05) is 4.90 Å². The van der Waals surface area contributed by atoms with E-state index in [1.807, 2.05) is 31.2 Å². The minimum Gasteiger partial charge on any atom is -0.301 e. The summed E-state index contributed by atoms with van der Waals surface area (Å²) in [5.74, 6) is -1.97. The predicted octanol–water partition coefficient (Wildman–Crippen LogP) is 5.77. The summed E-state index contributed by atoms with van der Waals surface area (Å²) in [4.78, 5) is 14.3. The molecule has 0 aromatic heterocycles. The van der Waals surface area contributed by atoms with E-state index in [1.54, 1.807) is 24.3 Å². The van der Waals surface area contributed by atoms with Gasteiger partial charge in [0.05, 0.1) is 22.8 Å². The Balaban J connectivity index is 0.00000261. The Kier molecular flexibility index (Phi) is 7.31. The Labute approximate surface area is 176 Å². The minimum atomic E-state index is -0.808. The van der Waals surface area contributed by atoms with Gasteiger partial charge in [-0.25, -0.2) is 8.78 Å². The molecule has 0 aliphatic carbocycles. The van der Waals surface area contributed by atoms with Crippen LogP contribution in [0.5, 0.6) is 0 Å². The quantitative estimate of drug-likeness (QED) is 0.492. The standard InChI is InChI=1S/C21H16ClF2NO.Ti/c1-14-6-8-15(9-7-14)13-25(20-11-10-16(23)12-19(20)24)21(26)17-4-2-3-5-18(17)22;/h2-12H,13H2,1H3;. The van der Waals surface area contributed by atoms with Crippen molar-refractivity contribution < 1.29 is 35.3 Å². The summed E-state index contributed by atoms with van der Waals surface area (Å²) in [6.45, 7) is 2.09. The molecule has 3 rings (SSSR count). The molecule has 3 aromatic rings. The van der Waals surface area contributed by atoms with Gasteiger partial charge >= 0.3 is 0 Å². The van der Waals surface area contributed by atoms with E-state index in [-0.39, 0.29) is 44.5 Å². The molecule has 0 aliphatic rings. The van der Waals surface area contributed by atoms with Crippen molar-refractivity contribution in [1.82, 2.24) is 0 Å². The van der Waals surface area contributed by atoms with E-state index in [1.165, 1.54) is 11.0 Å². The number of anilines is 1. The zero-order valence-corrected chi connectivity index (χ0v) is 16.9. The molecule has 0 spiro atoms. The van der Waals surface area contributed by atoms with Gasteiger partial charge < -0.3 is 4.90 Å². The number of rotatable bonds is 4. The average Bonchev–Trinajstić information content (AvgIpc) is 2.62. The van der Waals surface area contributed by atoms with Crippen LogP contribution in [0.2, 0.25) is 5.02 Å². The first-order valence-corrected chi connectivity index (χ1v) is 8.40. The zero-order valence-electron chi connectivity index (χ0n) is 14.5. The summed E-state index contributed by atoms with van der Waals surface area (Å²) in [5, 5.41) is 0.272. The second-order valence-corrected chi connectivity index (χ2v) is 6.36. The van der Waals surface area contributed by atoms with Gasteiger partial charge in [0.1, 0.15) is 11.6 Å². The van der Waals surface area contributed by atoms with Crippen LogP contribution in [0, 0.1) is 18.6 Å². The number of hydrogen-bond acceptors (Lipinski definition) is 1. The molecule has 0 radical (unpaired) electrons.